The first-order valence-corrected chi connectivity index (χ1v) is 8.31. The minimum Gasteiger partial charge on any atom is -0.394 e. The number of ether oxygens (including phenoxy) is 5. The van der Waals surface area contributed by atoms with Gasteiger partial charge in [-0.3, -0.25) is 9.47 Å². The summed E-state index contributed by atoms with van der Waals surface area (Å²) in [6.07, 6.45) is -8.42. The lowest BCUT2D eigenvalue weighted by atomic mass is 9.97. The van der Waals surface area contributed by atoms with Crippen LogP contribution in [0.4, 0.5) is 0 Å². The zero-order valence-corrected chi connectivity index (χ0v) is 14.3. The Labute approximate surface area is 152 Å². The van der Waals surface area contributed by atoms with Crippen molar-refractivity contribution in [3.8, 4) is 0 Å². The van der Waals surface area contributed by atoms with E-state index in [0.29, 0.717) is 0 Å². The number of aliphatic hydroxyl groups excluding tert-OH is 6. The highest BCUT2D eigenvalue weighted by molar-refractivity contribution is 5.16. The average molecular weight is 400 g/mol. The maximum atomic E-state index is 10.7. The van der Waals surface area contributed by atoms with Crippen LogP contribution < -0.4 is 0 Å². The van der Waals surface area contributed by atoms with E-state index in [1.54, 1.807) is 0 Å². The molecule has 0 aliphatic carbocycles. The van der Waals surface area contributed by atoms with Gasteiger partial charge in [-0.1, -0.05) is 0 Å². The van der Waals surface area contributed by atoms with Crippen molar-refractivity contribution in [3.05, 3.63) is 0 Å². The van der Waals surface area contributed by atoms with E-state index in [9.17, 15) is 40.9 Å². The van der Waals surface area contributed by atoms with Gasteiger partial charge in [0.15, 0.2) is 0 Å². The summed E-state index contributed by atoms with van der Waals surface area (Å²) in [7, 11) is 0. The van der Waals surface area contributed by atoms with Gasteiger partial charge in [-0.2, -0.15) is 0 Å². The van der Waals surface area contributed by atoms with Crippen LogP contribution >= 0.6 is 0 Å². The molecule has 3 aliphatic heterocycles. The zero-order chi connectivity index (χ0) is 20.3. The summed E-state index contributed by atoms with van der Waals surface area (Å²) >= 11 is 0. The molecular weight excluding hydrogens is 376 g/mol. The predicted molar refractivity (Wildman–Crippen MR) is 78.2 cm³/mol. The van der Waals surface area contributed by atoms with Gasteiger partial charge >= 0.3 is 11.8 Å². The zero-order valence-electron chi connectivity index (χ0n) is 14.3. The van der Waals surface area contributed by atoms with Crippen LogP contribution in [0.2, 0.25) is 0 Å². The fourth-order valence-corrected chi connectivity index (χ4v) is 3.40. The van der Waals surface area contributed by atoms with E-state index in [4.69, 9.17) is 23.7 Å². The third-order valence-electron chi connectivity index (χ3n) is 4.95. The Morgan fingerprint density at radius 2 is 1.56 bits per heavy atom. The van der Waals surface area contributed by atoms with Crippen LogP contribution in [0.3, 0.4) is 0 Å². The van der Waals surface area contributed by atoms with Crippen LogP contribution in [0.25, 0.3) is 0 Å². The summed E-state index contributed by atoms with van der Waals surface area (Å²) < 4.78 is 26.1. The van der Waals surface area contributed by atoms with Crippen molar-refractivity contribution in [1.82, 2.24) is 0 Å². The van der Waals surface area contributed by atoms with E-state index in [1.807, 2.05) is 0 Å². The molecule has 0 saturated carbocycles. The highest BCUT2D eigenvalue weighted by Gasteiger charge is 2.90. The van der Waals surface area contributed by atoms with Crippen molar-refractivity contribution in [2.24, 2.45) is 0 Å². The van der Waals surface area contributed by atoms with Crippen molar-refractivity contribution < 1.29 is 64.5 Å². The Bertz CT molecular complexity index is 563. The summed E-state index contributed by atoms with van der Waals surface area (Å²) in [6.45, 7) is -1.46. The number of hydrogen-bond donors (Lipinski definition) is 8. The van der Waals surface area contributed by atoms with Gasteiger partial charge in [0.2, 0.25) is 5.79 Å². The largest absolute Gasteiger partial charge is 0.394 e. The van der Waals surface area contributed by atoms with Gasteiger partial charge in [0.05, 0.1) is 13.2 Å². The van der Waals surface area contributed by atoms with Crippen LogP contribution in [-0.4, -0.2) is 121 Å². The van der Waals surface area contributed by atoms with Crippen molar-refractivity contribution in [2.45, 2.75) is 60.8 Å². The van der Waals surface area contributed by atoms with Gasteiger partial charge in [-0.05, 0) is 6.92 Å². The molecule has 0 aromatic rings. The minimum atomic E-state index is -2.82. The first kappa shape index (κ1) is 21.2. The SMILES string of the molecule is CCO[C@@]1(OC2(CO)O[C@H](CO)[C@@H](O)[C@@H]2O)O[C@H](CO)[C@@H](O)[C@@]2(O)O[C@]12O. The quantitative estimate of drug-likeness (QED) is 0.148. The summed E-state index contributed by atoms with van der Waals surface area (Å²) in [5.41, 5.74) is 0. The molecule has 27 heavy (non-hydrogen) atoms. The van der Waals surface area contributed by atoms with Gasteiger partial charge in [0.25, 0.3) is 5.79 Å². The van der Waals surface area contributed by atoms with Crippen LogP contribution in [0, 0.1) is 0 Å². The standard InChI is InChI=1S/C14H24O13/c1-2-23-14(13(22)12(21,27-13)9(19)7(4-16)25-14)26-11(5-17)10(20)8(18)6(3-15)24-11/h6-10,15-22H,2-5H2,1H3/t6-,7-,8-,9-,10+,11?,12-,13+,14-/m1/s1. The van der Waals surface area contributed by atoms with Gasteiger partial charge in [-0.25, -0.2) is 0 Å². The maximum absolute atomic E-state index is 10.7. The number of aliphatic hydroxyl groups is 8. The van der Waals surface area contributed by atoms with E-state index in [0.717, 1.165) is 0 Å². The monoisotopic (exact) mass is 400 g/mol. The molecule has 9 atom stereocenters. The normalized spacial score (nSPS) is 54.8. The van der Waals surface area contributed by atoms with Gasteiger partial charge in [-0.15, -0.1) is 0 Å². The Morgan fingerprint density at radius 3 is 2.04 bits per heavy atom. The maximum Gasteiger partial charge on any atom is 0.349 e. The van der Waals surface area contributed by atoms with Gasteiger partial charge in [0, 0.05) is 6.61 Å². The summed E-state index contributed by atoms with van der Waals surface area (Å²) in [5.74, 6) is -10.7. The molecule has 0 bridgehead atoms. The van der Waals surface area contributed by atoms with Gasteiger partial charge < -0.3 is 55.1 Å². The molecule has 3 saturated heterocycles. The molecule has 3 aliphatic rings. The Kier molecular flexibility index (Phi) is 5.32. The minimum absolute atomic E-state index is 0.223. The fourth-order valence-electron chi connectivity index (χ4n) is 3.40. The molecule has 0 radical (unpaired) electrons. The third-order valence-corrected chi connectivity index (χ3v) is 4.95. The Hall–Kier alpha value is -0.520. The lowest BCUT2D eigenvalue weighted by molar-refractivity contribution is -0.517. The lowest BCUT2D eigenvalue weighted by Crippen LogP contribution is -2.70. The third kappa shape index (κ3) is 2.67. The molecule has 13 nitrogen and oxygen atoms in total. The van der Waals surface area contributed by atoms with Crippen molar-refractivity contribution >= 4 is 0 Å². The second-order valence-electron chi connectivity index (χ2n) is 6.56. The predicted octanol–water partition coefficient (Wildman–Crippen LogP) is -5.35. The molecule has 8 N–H and O–H groups in total. The van der Waals surface area contributed by atoms with E-state index in [-0.39, 0.29) is 6.61 Å². The number of hydrogen-bond acceptors (Lipinski definition) is 13. The Morgan fingerprint density at radius 1 is 0.926 bits per heavy atom. The van der Waals surface area contributed by atoms with Crippen molar-refractivity contribution in [2.75, 3.05) is 26.4 Å². The summed E-state index contributed by atoms with van der Waals surface area (Å²) in [6, 6.07) is 0. The summed E-state index contributed by atoms with van der Waals surface area (Å²) in [4.78, 5) is 0. The number of fused-ring (bicyclic) bond motifs is 1. The van der Waals surface area contributed by atoms with E-state index in [1.165, 1.54) is 6.92 Å². The molecule has 0 amide bonds. The van der Waals surface area contributed by atoms with Crippen LogP contribution in [0.5, 0.6) is 0 Å². The number of epoxide rings is 1. The van der Waals surface area contributed by atoms with Crippen LogP contribution in [0.15, 0.2) is 0 Å². The first-order chi connectivity index (χ1) is 12.6. The molecule has 13 heteroatoms. The second-order valence-corrected chi connectivity index (χ2v) is 6.56. The topological polar surface area (TPSA) is 211 Å². The molecule has 158 valence electrons. The molecule has 3 fully saturated rings. The highest BCUT2D eigenvalue weighted by Crippen LogP contribution is 2.60. The Balaban J connectivity index is 2.00. The fraction of sp³-hybridized carbons (Fsp3) is 1.00. The lowest BCUT2D eigenvalue weighted by Gasteiger charge is -2.46. The van der Waals surface area contributed by atoms with Crippen LogP contribution in [-0.2, 0) is 23.7 Å². The van der Waals surface area contributed by atoms with Crippen LogP contribution in [0.1, 0.15) is 6.92 Å². The van der Waals surface area contributed by atoms with E-state index in [2.05, 4.69) is 0 Å². The molecule has 0 aromatic heterocycles. The summed E-state index contributed by atoms with van der Waals surface area (Å²) in [5, 5.41) is 79.7. The van der Waals surface area contributed by atoms with Gasteiger partial charge in [0.1, 0.15) is 37.1 Å². The second kappa shape index (κ2) is 6.77. The number of rotatable bonds is 7. The van der Waals surface area contributed by atoms with Crippen molar-refractivity contribution in [1.29, 1.82) is 0 Å². The van der Waals surface area contributed by atoms with E-state index >= 15 is 0 Å². The van der Waals surface area contributed by atoms with E-state index < -0.39 is 73.7 Å². The first-order valence-electron chi connectivity index (χ1n) is 8.31. The highest BCUT2D eigenvalue weighted by atomic mass is 17.0. The smallest absolute Gasteiger partial charge is 0.349 e. The average Bonchev–Trinajstić information content (AvgIpc) is 3.17. The molecule has 0 aromatic carbocycles. The molecule has 1 unspecified atom stereocenters. The molecule has 3 rings (SSSR count). The molecular formula is C14H24O13. The van der Waals surface area contributed by atoms with Crippen molar-refractivity contribution in [3.63, 3.8) is 0 Å². The molecule has 3 heterocycles. The molecule has 0 spiro atoms.